The lowest BCUT2D eigenvalue weighted by atomic mass is 10.1. The number of aromatic nitrogens is 1. The van der Waals surface area contributed by atoms with Crippen LogP contribution in [-0.2, 0) is 6.61 Å². The van der Waals surface area contributed by atoms with Crippen LogP contribution in [0.15, 0.2) is 41.5 Å². The van der Waals surface area contributed by atoms with Crippen LogP contribution >= 0.6 is 0 Å². The van der Waals surface area contributed by atoms with Gasteiger partial charge in [0.2, 0.25) is 0 Å². The third-order valence-corrected chi connectivity index (χ3v) is 2.86. The van der Waals surface area contributed by atoms with E-state index in [4.69, 9.17) is 4.74 Å². The number of amides is 1. The molecule has 0 aliphatic carbocycles. The fraction of sp³-hybridized carbons (Fsp3) is 0.200. The van der Waals surface area contributed by atoms with Crippen LogP contribution in [0.4, 0.5) is 5.69 Å². The first kappa shape index (κ1) is 14.8. The average molecular weight is 288 g/mol. The first-order valence-electron chi connectivity index (χ1n) is 6.50. The fourth-order valence-electron chi connectivity index (χ4n) is 1.87. The molecule has 6 nitrogen and oxygen atoms in total. The molecule has 21 heavy (non-hydrogen) atoms. The molecule has 0 unspecified atom stereocenters. The fourth-order valence-corrected chi connectivity index (χ4v) is 1.87. The van der Waals surface area contributed by atoms with Crippen molar-refractivity contribution < 1.29 is 14.6 Å². The molecule has 3 N–H and O–H groups in total. The first-order valence-corrected chi connectivity index (χ1v) is 6.50. The Labute approximate surface area is 121 Å². The number of anilines is 1. The maximum atomic E-state index is 12.0. The van der Waals surface area contributed by atoms with Crippen molar-refractivity contribution >= 4 is 11.6 Å². The van der Waals surface area contributed by atoms with Crippen LogP contribution in [0.1, 0.15) is 22.8 Å². The van der Waals surface area contributed by atoms with Gasteiger partial charge in [0.15, 0.2) is 5.43 Å². The number of carbonyl (C=O) groups excluding carboxylic acids is 1. The summed E-state index contributed by atoms with van der Waals surface area (Å²) in [5.41, 5.74) is 0.712. The van der Waals surface area contributed by atoms with Crippen LogP contribution in [0.5, 0.6) is 5.75 Å². The highest BCUT2D eigenvalue weighted by atomic mass is 16.5. The lowest BCUT2D eigenvalue weighted by Crippen LogP contribution is -2.20. The Morgan fingerprint density at radius 1 is 1.38 bits per heavy atom. The molecule has 1 aromatic heterocycles. The molecular weight excluding hydrogens is 272 g/mol. The van der Waals surface area contributed by atoms with Crippen LogP contribution in [-0.4, -0.2) is 22.6 Å². The number of hydrogen-bond acceptors (Lipinski definition) is 4. The zero-order chi connectivity index (χ0) is 15.2. The van der Waals surface area contributed by atoms with E-state index in [0.717, 1.165) is 0 Å². The third kappa shape index (κ3) is 3.49. The summed E-state index contributed by atoms with van der Waals surface area (Å²) in [4.78, 5) is 26.3. The zero-order valence-electron chi connectivity index (χ0n) is 11.6. The molecule has 0 aliphatic rings. The minimum Gasteiger partial charge on any atom is -0.494 e. The second kappa shape index (κ2) is 6.71. The molecule has 0 saturated heterocycles. The van der Waals surface area contributed by atoms with Crippen molar-refractivity contribution in [1.29, 1.82) is 0 Å². The number of rotatable bonds is 5. The molecule has 110 valence electrons. The van der Waals surface area contributed by atoms with Gasteiger partial charge in [-0.15, -0.1) is 0 Å². The lowest BCUT2D eigenvalue weighted by molar-refractivity contribution is 0.102. The summed E-state index contributed by atoms with van der Waals surface area (Å²) >= 11 is 0. The van der Waals surface area contributed by atoms with E-state index in [1.165, 1.54) is 18.5 Å². The Morgan fingerprint density at radius 3 is 2.86 bits per heavy atom. The number of ether oxygens (including phenoxy) is 1. The quantitative estimate of drug-likeness (QED) is 0.778. The number of aliphatic hydroxyl groups excluding tert-OH is 1. The number of carbonyl (C=O) groups is 1. The number of aromatic amines is 1. The largest absolute Gasteiger partial charge is 0.494 e. The van der Waals surface area contributed by atoms with E-state index in [9.17, 15) is 14.7 Å². The van der Waals surface area contributed by atoms with E-state index in [1.54, 1.807) is 18.2 Å². The summed E-state index contributed by atoms with van der Waals surface area (Å²) in [6.07, 6.45) is 2.80. The Balaban J connectivity index is 2.22. The lowest BCUT2D eigenvalue weighted by Gasteiger charge is -2.11. The van der Waals surface area contributed by atoms with E-state index in [0.29, 0.717) is 23.6 Å². The number of pyridine rings is 1. The van der Waals surface area contributed by atoms with E-state index >= 15 is 0 Å². The zero-order valence-corrected chi connectivity index (χ0v) is 11.6. The van der Waals surface area contributed by atoms with Crippen LogP contribution in [0.2, 0.25) is 0 Å². The van der Waals surface area contributed by atoms with Gasteiger partial charge in [-0.1, -0.05) is 0 Å². The molecular formula is C15H16N2O4. The van der Waals surface area contributed by atoms with Gasteiger partial charge in [-0.3, -0.25) is 9.59 Å². The van der Waals surface area contributed by atoms with E-state index in [-0.39, 0.29) is 17.6 Å². The van der Waals surface area contributed by atoms with E-state index in [1.807, 2.05) is 6.92 Å². The predicted molar refractivity (Wildman–Crippen MR) is 78.5 cm³/mol. The molecule has 0 spiro atoms. The molecule has 2 aromatic rings. The number of benzene rings is 1. The molecule has 6 heteroatoms. The van der Waals surface area contributed by atoms with Gasteiger partial charge in [0.05, 0.1) is 13.2 Å². The molecule has 0 bridgehead atoms. The predicted octanol–water partition coefficient (Wildman–Crippen LogP) is 1.52. The molecule has 0 radical (unpaired) electrons. The van der Waals surface area contributed by atoms with Crippen molar-refractivity contribution in [3.8, 4) is 5.75 Å². The molecule has 0 saturated carbocycles. The monoisotopic (exact) mass is 288 g/mol. The van der Waals surface area contributed by atoms with Gasteiger partial charge >= 0.3 is 0 Å². The van der Waals surface area contributed by atoms with Crippen LogP contribution in [0, 0.1) is 0 Å². The average Bonchev–Trinajstić information content (AvgIpc) is 2.49. The van der Waals surface area contributed by atoms with Gasteiger partial charge in [-0.05, 0) is 25.1 Å². The summed E-state index contributed by atoms with van der Waals surface area (Å²) in [5.74, 6) is 0.0560. The van der Waals surface area contributed by atoms with Crippen molar-refractivity contribution in [2.24, 2.45) is 0 Å². The van der Waals surface area contributed by atoms with Crippen molar-refractivity contribution in [3.05, 3.63) is 58.0 Å². The summed E-state index contributed by atoms with van der Waals surface area (Å²) in [6, 6.07) is 6.21. The molecule has 0 aliphatic heterocycles. The number of nitrogens with one attached hydrogen (secondary N) is 2. The Morgan fingerprint density at radius 2 is 2.19 bits per heavy atom. The van der Waals surface area contributed by atoms with Crippen molar-refractivity contribution in [2.45, 2.75) is 13.5 Å². The van der Waals surface area contributed by atoms with Gasteiger partial charge < -0.3 is 20.1 Å². The number of H-pyrrole nitrogens is 1. The highest BCUT2D eigenvalue weighted by Crippen LogP contribution is 2.23. The van der Waals surface area contributed by atoms with Crippen molar-refractivity contribution in [2.75, 3.05) is 11.9 Å². The molecule has 1 amide bonds. The standard InChI is InChI=1S/C15H16N2O4/c1-2-21-14-4-3-11(7-10(14)9-18)17-15(20)12-8-16-6-5-13(12)19/h3-8,18H,2,9H2,1H3,(H,16,19)(H,17,20). The molecule has 0 atom stereocenters. The minimum atomic E-state index is -0.509. The highest BCUT2D eigenvalue weighted by molar-refractivity contribution is 6.04. The summed E-state index contributed by atoms with van der Waals surface area (Å²) in [5, 5.41) is 11.9. The number of hydrogen-bond donors (Lipinski definition) is 3. The summed E-state index contributed by atoms with van der Waals surface area (Å²) in [7, 11) is 0. The smallest absolute Gasteiger partial charge is 0.261 e. The second-order valence-electron chi connectivity index (χ2n) is 4.29. The SMILES string of the molecule is CCOc1ccc(NC(=O)c2c[nH]ccc2=O)cc1CO. The van der Waals surface area contributed by atoms with Crippen molar-refractivity contribution in [3.63, 3.8) is 0 Å². The molecule has 1 aromatic carbocycles. The molecule has 2 rings (SSSR count). The van der Waals surface area contributed by atoms with E-state index < -0.39 is 5.91 Å². The summed E-state index contributed by atoms with van der Waals surface area (Å²) < 4.78 is 5.36. The Bertz CT molecular complexity index is 694. The normalized spacial score (nSPS) is 10.2. The van der Waals surface area contributed by atoms with Crippen molar-refractivity contribution in [1.82, 2.24) is 4.98 Å². The Hall–Kier alpha value is -2.60. The van der Waals surface area contributed by atoms with Crippen LogP contribution in [0.25, 0.3) is 0 Å². The van der Waals surface area contributed by atoms with Gasteiger partial charge in [0.1, 0.15) is 11.3 Å². The van der Waals surface area contributed by atoms with Crippen LogP contribution in [0.3, 0.4) is 0 Å². The first-order chi connectivity index (χ1) is 10.2. The van der Waals surface area contributed by atoms with Gasteiger partial charge in [0.25, 0.3) is 5.91 Å². The molecule has 1 heterocycles. The number of aliphatic hydroxyl groups is 1. The summed E-state index contributed by atoms with van der Waals surface area (Å²) in [6.45, 7) is 2.13. The maximum absolute atomic E-state index is 12.0. The van der Waals surface area contributed by atoms with Gasteiger partial charge in [-0.2, -0.15) is 0 Å². The van der Waals surface area contributed by atoms with Gasteiger partial charge in [-0.25, -0.2) is 0 Å². The molecule has 0 fully saturated rings. The Kier molecular flexibility index (Phi) is 4.73. The second-order valence-corrected chi connectivity index (χ2v) is 4.29. The van der Waals surface area contributed by atoms with Gasteiger partial charge in [0, 0.05) is 29.7 Å². The topological polar surface area (TPSA) is 91.4 Å². The third-order valence-electron chi connectivity index (χ3n) is 2.86. The van der Waals surface area contributed by atoms with Crippen LogP contribution < -0.4 is 15.5 Å². The highest BCUT2D eigenvalue weighted by Gasteiger charge is 2.11. The minimum absolute atomic E-state index is 0.0249. The maximum Gasteiger partial charge on any atom is 0.261 e. The van der Waals surface area contributed by atoms with E-state index in [2.05, 4.69) is 10.3 Å².